The Balaban J connectivity index is 2.06. The molecule has 3 aromatic rings. The third-order valence-corrected chi connectivity index (χ3v) is 3.75. The summed E-state index contributed by atoms with van der Waals surface area (Å²) in [6.45, 7) is 2.64. The number of rotatable bonds is 3. The van der Waals surface area contributed by atoms with Crippen LogP contribution in [0.1, 0.15) is 22.5 Å². The van der Waals surface area contributed by atoms with Crippen LogP contribution in [-0.2, 0) is 20.0 Å². The molecule has 102 valence electrons. The van der Waals surface area contributed by atoms with Crippen LogP contribution in [0.3, 0.4) is 0 Å². The molecule has 0 aliphatic heterocycles. The number of para-hydroxylation sites is 1. The van der Waals surface area contributed by atoms with E-state index in [0.717, 1.165) is 28.8 Å². The summed E-state index contributed by atoms with van der Waals surface area (Å²) in [6.07, 6.45) is 0.844. The van der Waals surface area contributed by atoms with Crippen molar-refractivity contribution in [3.05, 3.63) is 65.0 Å². The highest BCUT2D eigenvalue weighted by atomic mass is 15.1. The predicted octanol–water partition coefficient (Wildman–Crippen LogP) is 2.93. The van der Waals surface area contributed by atoms with Crippen molar-refractivity contribution in [1.29, 1.82) is 0 Å². The van der Waals surface area contributed by atoms with Crippen molar-refractivity contribution in [2.75, 3.05) is 0 Å². The minimum Gasteiger partial charge on any atom is -0.331 e. The number of hydrogen-bond donors (Lipinski definition) is 1. The Bertz CT molecular complexity index is 756. The van der Waals surface area contributed by atoms with Crippen molar-refractivity contribution in [1.82, 2.24) is 9.55 Å². The van der Waals surface area contributed by atoms with Gasteiger partial charge in [0.15, 0.2) is 0 Å². The predicted molar refractivity (Wildman–Crippen MR) is 82.6 cm³/mol. The first-order valence-electron chi connectivity index (χ1n) is 6.88. The van der Waals surface area contributed by atoms with E-state index in [4.69, 9.17) is 10.7 Å². The fourth-order valence-corrected chi connectivity index (χ4v) is 2.65. The summed E-state index contributed by atoms with van der Waals surface area (Å²) in [4.78, 5) is 4.79. The molecule has 0 saturated heterocycles. The molecule has 20 heavy (non-hydrogen) atoms. The molecule has 0 bridgehead atoms. The van der Waals surface area contributed by atoms with Gasteiger partial charge in [0.05, 0.1) is 11.0 Å². The van der Waals surface area contributed by atoms with Crippen LogP contribution in [0.4, 0.5) is 0 Å². The fraction of sp³-hybridized carbons (Fsp3) is 0.235. The Labute approximate surface area is 119 Å². The average molecular weight is 265 g/mol. The van der Waals surface area contributed by atoms with Crippen molar-refractivity contribution in [3.63, 3.8) is 0 Å². The highest BCUT2D eigenvalue weighted by molar-refractivity contribution is 5.79. The van der Waals surface area contributed by atoms with Crippen LogP contribution in [0.25, 0.3) is 11.0 Å². The standard InChI is InChI=1S/C17H19N3/c1-12-5-3-6-13(9-12)10-16-19-17-14(11-18)7-4-8-15(17)20(16)2/h3-9H,10-11,18H2,1-2H3. The number of nitrogens with zero attached hydrogens (tertiary/aromatic N) is 2. The molecule has 0 radical (unpaired) electrons. The summed E-state index contributed by atoms with van der Waals surface area (Å²) in [5.41, 5.74) is 11.7. The topological polar surface area (TPSA) is 43.8 Å². The molecule has 1 aromatic heterocycles. The van der Waals surface area contributed by atoms with Gasteiger partial charge in [-0.2, -0.15) is 0 Å². The number of aryl methyl sites for hydroxylation is 2. The van der Waals surface area contributed by atoms with Gasteiger partial charge in [-0.3, -0.25) is 0 Å². The smallest absolute Gasteiger partial charge is 0.114 e. The van der Waals surface area contributed by atoms with E-state index in [9.17, 15) is 0 Å². The third kappa shape index (κ3) is 2.21. The highest BCUT2D eigenvalue weighted by Crippen LogP contribution is 2.20. The Hall–Kier alpha value is -2.13. The molecule has 0 unspecified atom stereocenters. The van der Waals surface area contributed by atoms with Gasteiger partial charge in [-0.15, -0.1) is 0 Å². The normalized spacial score (nSPS) is 11.2. The summed E-state index contributed by atoms with van der Waals surface area (Å²) >= 11 is 0. The summed E-state index contributed by atoms with van der Waals surface area (Å²) < 4.78 is 2.16. The maximum absolute atomic E-state index is 5.80. The van der Waals surface area contributed by atoms with E-state index in [1.807, 2.05) is 12.1 Å². The largest absolute Gasteiger partial charge is 0.331 e. The van der Waals surface area contributed by atoms with Crippen LogP contribution in [-0.4, -0.2) is 9.55 Å². The van der Waals surface area contributed by atoms with Gasteiger partial charge < -0.3 is 10.3 Å². The lowest BCUT2D eigenvalue weighted by atomic mass is 10.1. The zero-order valence-electron chi connectivity index (χ0n) is 11.9. The monoisotopic (exact) mass is 265 g/mol. The molecule has 0 aliphatic carbocycles. The Kier molecular flexibility index (Phi) is 3.28. The van der Waals surface area contributed by atoms with Crippen molar-refractivity contribution >= 4 is 11.0 Å². The Morgan fingerprint density at radius 2 is 1.95 bits per heavy atom. The molecule has 3 heteroatoms. The van der Waals surface area contributed by atoms with E-state index >= 15 is 0 Å². The van der Waals surface area contributed by atoms with E-state index in [1.54, 1.807) is 0 Å². The maximum atomic E-state index is 5.80. The summed E-state index contributed by atoms with van der Waals surface area (Å²) in [5.74, 6) is 1.08. The fourth-order valence-electron chi connectivity index (χ4n) is 2.65. The summed E-state index contributed by atoms with van der Waals surface area (Å²) in [5, 5.41) is 0. The molecule has 0 atom stereocenters. The lowest BCUT2D eigenvalue weighted by Gasteiger charge is -2.03. The quantitative estimate of drug-likeness (QED) is 0.791. The Morgan fingerprint density at radius 3 is 2.70 bits per heavy atom. The highest BCUT2D eigenvalue weighted by Gasteiger charge is 2.10. The zero-order valence-corrected chi connectivity index (χ0v) is 11.9. The molecule has 0 aliphatic rings. The van der Waals surface area contributed by atoms with E-state index in [1.165, 1.54) is 11.1 Å². The number of aromatic nitrogens is 2. The second kappa shape index (κ2) is 5.10. The van der Waals surface area contributed by atoms with Crippen molar-refractivity contribution in [2.24, 2.45) is 12.8 Å². The molecule has 0 fully saturated rings. The van der Waals surface area contributed by atoms with Gasteiger partial charge in [-0.05, 0) is 24.1 Å². The molecule has 0 spiro atoms. The lowest BCUT2D eigenvalue weighted by Crippen LogP contribution is -1.99. The number of fused-ring (bicyclic) bond motifs is 1. The zero-order chi connectivity index (χ0) is 14.1. The van der Waals surface area contributed by atoms with Crippen LogP contribution in [0.15, 0.2) is 42.5 Å². The van der Waals surface area contributed by atoms with Gasteiger partial charge in [0, 0.05) is 20.0 Å². The summed E-state index contributed by atoms with van der Waals surface area (Å²) in [7, 11) is 2.07. The molecule has 3 nitrogen and oxygen atoms in total. The van der Waals surface area contributed by atoms with E-state index < -0.39 is 0 Å². The first-order valence-corrected chi connectivity index (χ1v) is 6.88. The minimum absolute atomic E-state index is 0.526. The van der Waals surface area contributed by atoms with Gasteiger partial charge >= 0.3 is 0 Å². The van der Waals surface area contributed by atoms with Gasteiger partial charge in [0.1, 0.15) is 5.82 Å². The Morgan fingerprint density at radius 1 is 1.15 bits per heavy atom. The van der Waals surface area contributed by atoms with Crippen molar-refractivity contribution < 1.29 is 0 Å². The van der Waals surface area contributed by atoms with E-state index in [-0.39, 0.29) is 0 Å². The average Bonchev–Trinajstić information content (AvgIpc) is 2.76. The van der Waals surface area contributed by atoms with Crippen molar-refractivity contribution in [3.8, 4) is 0 Å². The molecule has 3 rings (SSSR count). The van der Waals surface area contributed by atoms with E-state index in [2.05, 4.69) is 48.9 Å². The number of hydrogen-bond acceptors (Lipinski definition) is 2. The molecular weight excluding hydrogens is 246 g/mol. The number of nitrogens with two attached hydrogens (primary N) is 1. The molecule has 0 amide bonds. The van der Waals surface area contributed by atoms with Crippen LogP contribution >= 0.6 is 0 Å². The number of benzene rings is 2. The van der Waals surface area contributed by atoms with Gasteiger partial charge in [0.25, 0.3) is 0 Å². The molecule has 2 N–H and O–H groups in total. The van der Waals surface area contributed by atoms with Crippen molar-refractivity contribution in [2.45, 2.75) is 19.9 Å². The van der Waals surface area contributed by atoms with Crippen LogP contribution in [0, 0.1) is 6.92 Å². The molecule has 2 aromatic carbocycles. The first kappa shape index (κ1) is 12.9. The second-order valence-electron chi connectivity index (χ2n) is 5.24. The summed E-state index contributed by atoms with van der Waals surface area (Å²) in [6, 6.07) is 14.8. The van der Waals surface area contributed by atoms with Gasteiger partial charge in [-0.1, -0.05) is 42.0 Å². The third-order valence-electron chi connectivity index (χ3n) is 3.75. The SMILES string of the molecule is Cc1cccc(Cc2nc3c(CN)cccc3n2C)c1. The molecule has 1 heterocycles. The van der Waals surface area contributed by atoms with Gasteiger partial charge in [-0.25, -0.2) is 4.98 Å². The molecule has 0 saturated carbocycles. The lowest BCUT2D eigenvalue weighted by molar-refractivity contribution is 0.844. The van der Waals surface area contributed by atoms with Gasteiger partial charge in [0.2, 0.25) is 0 Å². The number of imidazole rings is 1. The van der Waals surface area contributed by atoms with Crippen LogP contribution in [0.2, 0.25) is 0 Å². The first-order chi connectivity index (χ1) is 9.69. The van der Waals surface area contributed by atoms with Crippen LogP contribution in [0.5, 0.6) is 0 Å². The van der Waals surface area contributed by atoms with E-state index in [0.29, 0.717) is 6.54 Å². The molecular formula is C17H19N3. The second-order valence-corrected chi connectivity index (χ2v) is 5.24. The maximum Gasteiger partial charge on any atom is 0.114 e. The minimum atomic E-state index is 0.526. The van der Waals surface area contributed by atoms with Crippen LogP contribution < -0.4 is 5.73 Å².